The summed E-state index contributed by atoms with van der Waals surface area (Å²) in [6.07, 6.45) is -3.23. The van der Waals surface area contributed by atoms with Crippen molar-refractivity contribution in [1.82, 2.24) is 24.9 Å². The lowest BCUT2D eigenvalue weighted by Gasteiger charge is -2.32. The zero-order chi connectivity index (χ0) is 31.3. The van der Waals surface area contributed by atoms with E-state index < -0.39 is 66.5 Å². The molecule has 0 radical (unpaired) electrons. The Morgan fingerprint density at radius 1 is 1.16 bits per heavy atom. The average molecular weight is 603 g/mol. The number of nitrogens with zero attached hydrogens (tertiary/aromatic N) is 4. The van der Waals surface area contributed by atoms with Gasteiger partial charge in [0, 0.05) is 24.7 Å². The van der Waals surface area contributed by atoms with Crippen LogP contribution >= 0.6 is 0 Å². The Labute approximate surface area is 241 Å². The second-order valence-electron chi connectivity index (χ2n) is 10.5. The maximum Gasteiger partial charge on any atom is 0.408 e. The Morgan fingerprint density at radius 2 is 1.86 bits per heavy atom. The molecule has 2 heterocycles. The third-order valence-corrected chi connectivity index (χ3v) is 7.65. The predicted octanol–water partition coefficient (Wildman–Crippen LogP) is 2.34. The van der Waals surface area contributed by atoms with Gasteiger partial charge < -0.3 is 21.1 Å². The molecule has 0 bridgehead atoms. The molecule has 1 saturated heterocycles. The van der Waals surface area contributed by atoms with Crippen LogP contribution in [-0.4, -0.2) is 67.2 Å². The number of urea groups is 1. The van der Waals surface area contributed by atoms with Crippen molar-refractivity contribution in [3.8, 4) is 11.1 Å². The van der Waals surface area contributed by atoms with Crippen LogP contribution in [0.1, 0.15) is 36.1 Å². The van der Waals surface area contributed by atoms with Gasteiger partial charge in [0.1, 0.15) is 30.5 Å². The van der Waals surface area contributed by atoms with Crippen molar-refractivity contribution in [2.24, 2.45) is 5.73 Å². The summed E-state index contributed by atoms with van der Waals surface area (Å²) in [5, 5.41) is 17.5. The summed E-state index contributed by atoms with van der Waals surface area (Å²) in [6.45, 7) is -0.909. The Kier molecular flexibility index (Phi) is 7.46. The van der Waals surface area contributed by atoms with Gasteiger partial charge in [-0.3, -0.25) is 24.0 Å². The van der Waals surface area contributed by atoms with Gasteiger partial charge in [0.2, 0.25) is 11.8 Å². The van der Waals surface area contributed by atoms with Crippen molar-refractivity contribution in [3.63, 3.8) is 0 Å². The first-order valence-corrected chi connectivity index (χ1v) is 13.1. The van der Waals surface area contributed by atoms with Crippen LogP contribution in [0, 0.1) is 5.82 Å². The molecule has 11 nitrogen and oxygen atoms in total. The standard InChI is InChI=1S/C28H26F4N6O5/c1-15(28(30,31)32)37(11-16-2-5-19(29)6-3-16)24(41)14-38-25(42)27(35-26(38)43)9-22(39)20-8-17(4-7-21(20)27)18-10-34-36(12-18)13-23(33)40/h2-8,10,12,15,22,39H,9,11,13-14H2,1H3,(H2,33,40)(H,35,43)/t15-,22-,27-/m0/s1. The molecular weight excluding hydrogens is 576 g/mol. The highest BCUT2D eigenvalue weighted by Gasteiger charge is 2.58. The summed E-state index contributed by atoms with van der Waals surface area (Å²) in [4.78, 5) is 52.1. The van der Waals surface area contributed by atoms with Crippen molar-refractivity contribution in [2.75, 3.05) is 6.54 Å². The molecule has 0 saturated carbocycles. The maximum atomic E-state index is 13.7. The van der Waals surface area contributed by atoms with Crippen LogP contribution in [0.2, 0.25) is 0 Å². The second-order valence-corrected chi connectivity index (χ2v) is 10.5. The number of rotatable bonds is 8. The van der Waals surface area contributed by atoms with Crippen LogP contribution in [-0.2, 0) is 33.0 Å². The number of hydrogen-bond acceptors (Lipinski definition) is 6. The highest BCUT2D eigenvalue weighted by Crippen LogP contribution is 2.47. The van der Waals surface area contributed by atoms with Crippen LogP contribution in [0.25, 0.3) is 11.1 Å². The first-order chi connectivity index (χ1) is 20.2. The summed E-state index contributed by atoms with van der Waals surface area (Å²) < 4.78 is 55.7. The van der Waals surface area contributed by atoms with Gasteiger partial charge in [0.25, 0.3) is 5.91 Å². The van der Waals surface area contributed by atoms with E-state index in [1.807, 2.05) is 0 Å². The molecule has 5 rings (SSSR count). The average Bonchev–Trinajstić information content (AvgIpc) is 3.58. The smallest absolute Gasteiger partial charge is 0.388 e. The monoisotopic (exact) mass is 602 g/mol. The van der Waals surface area contributed by atoms with Crippen molar-refractivity contribution in [3.05, 3.63) is 77.4 Å². The van der Waals surface area contributed by atoms with Crippen molar-refractivity contribution in [2.45, 2.75) is 50.3 Å². The molecule has 43 heavy (non-hydrogen) atoms. The van der Waals surface area contributed by atoms with Crippen LogP contribution in [0.5, 0.6) is 0 Å². The van der Waals surface area contributed by atoms with Gasteiger partial charge >= 0.3 is 12.2 Å². The van der Waals surface area contributed by atoms with E-state index in [2.05, 4.69) is 10.4 Å². The molecule has 1 aliphatic carbocycles. The Bertz CT molecular complexity index is 1610. The maximum absolute atomic E-state index is 13.7. The Morgan fingerprint density at radius 3 is 2.51 bits per heavy atom. The SMILES string of the molecule is C[C@H](N(Cc1ccc(F)cc1)C(=O)CN1C(=O)N[C@]2(C[C@H](O)c3cc(-c4cnn(CC(N)=O)c4)ccc32)C1=O)C(F)(F)F. The summed E-state index contributed by atoms with van der Waals surface area (Å²) in [5.41, 5.74) is 5.45. The molecule has 4 N–H and O–H groups in total. The van der Waals surface area contributed by atoms with Crippen molar-refractivity contribution in [1.29, 1.82) is 0 Å². The molecule has 0 unspecified atom stereocenters. The number of fused-ring (bicyclic) bond motifs is 2. The fourth-order valence-electron chi connectivity index (χ4n) is 5.40. The number of benzene rings is 2. The molecule has 1 spiro atoms. The fourth-order valence-corrected chi connectivity index (χ4v) is 5.40. The lowest BCUT2D eigenvalue weighted by atomic mass is 9.90. The number of amides is 5. The Hall–Kier alpha value is -4.79. The second kappa shape index (κ2) is 10.8. The van der Waals surface area contributed by atoms with Crippen LogP contribution < -0.4 is 11.1 Å². The number of halogens is 4. The zero-order valence-corrected chi connectivity index (χ0v) is 22.6. The summed E-state index contributed by atoms with van der Waals surface area (Å²) in [7, 11) is 0. The predicted molar refractivity (Wildman–Crippen MR) is 141 cm³/mol. The fraction of sp³-hybridized carbons (Fsp3) is 0.321. The van der Waals surface area contributed by atoms with Gasteiger partial charge in [0.15, 0.2) is 0 Å². The number of nitrogens with one attached hydrogen (secondary N) is 1. The third-order valence-electron chi connectivity index (χ3n) is 7.65. The van der Waals surface area contributed by atoms with E-state index in [1.165, 1.54) is 29.1 Å². The largest absolute Gasteiger partial charge is 0.408 e. The van der Waals surface area contributed by atoms with Gasteiger partial charge in [-0.05, 0) is 47.4 Å². The van der Waals surface area contributed by atoms with E-state index in [0.29, 0.717) is 26.5 Å². The zero-order valence-electron chi connectivity index (χ0n) is 22.6. The van der Waals surface area contributed by atoms with Crippen molar-refractivity contribution >= 4 is 23.8 Å². The van der Waals surface area contributed by atoms with E-state index in [-0.39, 0.29) is 24.1 Å². The normalized spacial score (nSPS) is 20.3. The number of aromatic nitrogens is 2. The van der Waals surface area contributed by atoms with Gasteiger partial charge in [-0.2, -0.15) is 18.3 Å². The number of primary amides is 1. The topological polar surface area (TPSA) is 151 Å². The van der Waals surface area contributed by atoms with Crippen LogP contribution in [0.3, 0.4) is 0 Å². The molecular formula is C28H26F4N6O5. The highest BCUT2D eigenvalue weighted by molar-refractivity contribution is 6.10. The van der Waals surface area contributed by atoms with E-state index >= 15 is 0 Å². The minimum atomic E-state index is -4.82. The Balaban J connectivity index is 1.39. The van der Waals surface area contributed by atoms with Gasteiger partial charge in [-0.25, -0.2) is 9.18 Å². The first-order valence-electron chi connectivity index (χ1n) is 13.1. The van der Waals surface area contributed by atoms with Gasteiger partial charge in [0.05, 0.1) is 12.3 Å². The first kappa shape index (κ1) is 29.7. The van der Waals surface area contributed by atoms with E-state index in [4.69, 9.17) is 5.73 Å². The molecule has 3 aromatic rings. The lowest BCUT2D eigenvalue weighted by Crippen LogP contribution is -2.51. The molecule has 2 aromatic carbocycles. The molecule has 1 aromatic heterocycles. The number of carbonyl (C=O) groups is 4. The molecule has 2 aliphatic rings. The highest BCUT2D eigenvalue weighted by atomic mass is 19.4. The number of hydrogen-bond donors (Lipinski definition) is 3. The van der Waals surface area contributed by atoms with E-state index in [9.17, 15) is 41.8 Å². The molecule has 15 heteroatoms. The van der Waals surface area contributed by atoms with Crippen molar-refractivity contribution < 1.29 is 41.8 Å². The lowest BCUT2D eigenvalue weighted by molar-refractivity contribution is -0.187. The number of carbonyl (C=O) groups excluding carboxylic acids is 4. The number of nitrogens with two attached hydrogens (primary N) is 1. The number of aliphatic hydroxyl groups is 1. The van der Waals surface area contributed by atoms with Crippen LogP contribution in [0.15, 0.2) is 54.9 Å². The molecule has 1 fully saturated rings. The third kappa shape index (κ3) is 5.55. The number of aliphatic hydroxyl groups excluding tert-OH is 1. The molecule has 5 amide bonds. The minimum absolute atomic E-state index is 0.144. The number of imide groups is 1. The van der Waals surface area contributed by atoms with Crippen LogP contribution in [0.4, 0.5) is 22.4 Å². The minimum Gasteiger partial charge on any atom is -0.388 e. The van der Waals surface area contributed by atoms with E-state index in [0.717, 1.165) is 19.1 Å². The van der Waals surface area contributed by atoms with Gasteiger partial charge in [-0.15, -0.1) is 0 Å². The van der Waals surface area contributed by atoms with Gasteiger partial charge in [-0.1, -0.05) is 24.3 Å². The number of alkyl halides is 3. The quantitative estimate of drug-likeness (QED) is 0.266. The molecule has 3 atom stereocenters. The summed E-state index contributed by atoms with van der Waals surface area (Å²) in [5.74, 6) is -3.26. The molecule has 226 valence electrons. The van der Waals surface area contributed by atoms with E-state index in [1.54, 1.807) is 18.3 Å². The summed E-state index contributed by atoms with van der Waals surface area (Å²) >= 11 is 0. The summed E-state index contributed by atoms with van der Waals surface area (Å²) in [6, 6.07) is 6.01. The molecule has 1 aliphatic heterocycles.